The van der Waals surface area contributed by atoms with Gasteiger partial charge in [0.25, 0.3) is 0 Å². The summed E-state index contributed by atoms with van der Waals surface area (Å²) in [6.45, 7) is 11.7. The molecule has 0 aliphatic carbocycles. The van der Waals surface area contributed by atoms with Gasteiger partial charge in [0.05, 0.1) is 5.69 Å². The minimum atomic E-state index is -0.302. The molecule has 0 saturated carbocycles. The van der Waals surface area contributed by atoms with E-state index in [-0.39, 0.29) is 5.91 Å². The Balaban J connectivity index is 2.19. The molecule has 1 N–H and O–H groups in total. The molecule has 0 radical (unpaired) electrons. The Morgan fingerprint density at radius 2 is 1.78 bits per heavy atom. The highest BCUT2D eigenvalue weighted by atomic mass is 32.1. The third kappa shape index (κ3) is 4.03. The van der Waals surface area contributed by atoms with Gasteiger partial charge in [-0.3, -0.25) is 9.69 Å². The molecule has 0 unspecified atom stereocenters. The molecule has 0 atom stereocenters. The molecule has 0 fully saturated rings. The summed E-state index contributed by atoms with van der Waals surface area (Å²) in [4.78, 5) is 22.7. The van der Waals surface area contributed by atoms with E-state index in [4.69, 9.17) is 0 Å². The summed E-state index contributed by atoms with van der Waals surface area (Å²) >= 11 is 1.29. The van der Waals surface area contributed by atoms with E-state index in [0.29, 0.717) is 16.8 Å². The van der Waals surface area contributed by atoms with Gasteiger partial charge >= 0.3 is 0 Å². The van der Waals surface area contributed by atoms with Crippen molar-refractivity contribution in [3.05, 3.63) is 65.5 Å². The molecule has 0 saturated heterocycles. The Labute approximate surface area is 162 Å². The zero-order valence-corrected chi connectivity index (χ0v) is 16.6. The van der Waals surface area contributed by atoms with Gasteiger partial charge in [-0.25, -0.2) is 9.97 Å². The van der Waals surface area contributed by atoms with E-state index in [0.717, 1.165) is 22.4 Å². The zero-order chi connectivity index (χ0) is 19.6. The quantitative estimate of drug-likeness (QED) is 0.647. The lowest BCUT2D eigenvalue weighted by Crippen LogP contribution is -2.16. The highest BCUT2D eigenvalue weighted by molar-refractivity contribution is 7.09. The number of hydrogen-bond donors (Lipinski definition) is 1. The second-order valence-corrected chi connectivity index (χ2v) is 7.15. The smallest absolute Gasteiger partial charge is 0.248 e. The van der Waals surface area contributed by atoms with E-state index in [1.807, 2.05) is 24.0 Å². The van der Waals surface area contributed by atoms with Crippen LogP contribution >= 0.6 is 11.5 Å². The van der Waals surface area contributed by atoms with Gasteiger partial charge in [-0.15, -0.1) is 0 Å². The molecule has 0 aliphatic rings. The molecule has 7 heteroatoms. The number of aromatic nitrogens is 3. The van der Waals surface area contributed by atoms with Gasteiger partial charge in [0, 0.05) is 11.5 Å². The fraction of sp³-hybridized carbons (Fsp3) is 0.200. The minimum absolute atomic E-state index is 0.302. The number of aryl methyl sites for hydroxylation is 4. The molecule has 1 aromatic carbocycles. The summed E-state index contributed by atoms with van der Waals surface area (Å²) < 4.78 is 4.16. The Morgan fingerprint density at radius 3 is 2.37 bits per heavy atom. The molecular weight excluding hydrogens is 358 g/mol. The fourth-order valence-corrected chi connectivity index (χ4v) is 3.65. The highest BCUT2D eigenvalue weighted by Crippen LogP contribution is 2.39. The van der Waals surface area contributed by atoms with Gasteiger partial charge < -0.3 is 5.32 Å². The molecule has 138 valence electrons. The summed E-state index contributed by atoms with van der Waals surface area (Å²) in [6.07, 6.45) is 2.75. The normalized spacial score (nSPS) is 10.5. The van der Waals surface area contributed by atoms with Gasteiger partial charge in [0.1, 0.15) is 18.0 Å². The van der Waals surface area contributed by atoms with Crippen molar-refractivity contribution in [1.82, 2.24) is 14.3 Å². The van der Waals surface area contributed by atoms with Crippen molar-refractivity contribution in [2.24, 2.45) is 0 Å². The first-order valence-corrected chi connectivity index (χ1v) is 9.23. The predicted molar refractivity (Wildman–Crippen MR) is 110 cm³/mol. The largest absolute Gasteiger partial charge is 0.307 e. The molecule has 2 aromatic heterocycles. The first kappa shape index (κ1) is 18.7. The highest BCUT2D eigenvalue weighted by Gasteiger charge is 2.21. The zero-order valence-electron chi connectivity index (χ0n) is 15.8. The average Bonchev–Trinajstić information content (AvgIpc) is 3.11. The summed E-state index contributed by atoms with van der Waals surface area (Å²) in [5.74, 6) is 0.831. The minimum Gasteiger partial charge on any atom is -0.307 e. The Morgan fingerprint density at radius 1 is 1.11 bits per heavy atom. The molecule has 3 aromatic rings. The van der Waals surface area contributed by atoms with E-state index in [1.165, 1.54) is 29.5 Å². The molecule has 1 amide bonds. The van der Waals surface area contributed by atoms with Crippen molar-refractivity contribution >= 4 is 39.9 Å². The summed E-state index contributed by atoms with van der Waals surface area (Å²) in [7, 11) is 0. The van der Waals surface area contributed by atoms with Crippen LogP contribution in [0.3, 0.4) is 0 Å². The van der Waals surface area contributed by atoms with Gasteiger partial charge in [-0.05, 0) is 62.6 Å². The lowest BCUT2D eigenvalue weighted by molar-refractivity contribution is -0.111. The van der Waals surface area contributed by atoms with Crippen LogP contribution in [0, 0.1) is 27.7 Å². The SMILES string of the molecule is C=CC(=O)Nc1cc(C)cc(N(c2ncns2)c2c(C)cc(C)cc2C)n1. The van der Waals surface area contributed by atoms with Crippen molar-refractivity contribution in [2.45, 2.75) is 27.7 Å². The predicted octanol–water partition coefficient (Wildman–Crippen LogP) is 4.76. The van der Waals surface area contributed by atoms with E-state index in [2.05, 4.69) is 59.1 Å². The standard InChI is InChI=1S/C20H21N5OS/c1-6-18(26)24-16-9-13(3)10-17(23-16)25(20-21-11-22-27-20)19-14(4)7-12(2)8-15(19)5/h6-11H,1H2,2-5H3,(H,23,24,26). The van der Waals surface area contributed by atoms with Crippen LogP contribution in [0.25, 0.3) is 0 Å². The maximum absolute atomic E-state index is 11.7. The van der Waals surface area contributed by atoms with Crippen LogP contribution in [0.2, 0.25) is 0 Å². The number of rotatable bonds is 5. The second-order valence-electron chi connectivity index (χ2n) is 6.39. The van der Waals surface area contributed by atoms with Crippen molar-refractivity contribution < 1.29 is 4.79 Å². The number of anilines is 4. The molecule has 27 heavy (non-hydrogen) atoms. The molecule has 6 nitrogen and oxygen atoms in total. The van der Waals surface area contributed by atoms with Gasteiger partial charge in [-0.1, -0.05) is 24.3 Å². The number of carbonyl (C=O) groups excluding carboxylic acids is 1. The van der Waals surface area contributed by atoms with Gasteiger partial charge in [-0.2, -0.15) is 4.37 Å². The second kappa shape index (κ2) is 7.67. The number of amides is 1. The topological polar surface area (TPSA) is 71.0 Å². The van der Waals surface area contributed by atoms with Crippen LogP contribution in [0.4, 0.5) is 22.5 Å². The van der Waals surface area contributed by atoms with Crippen molar-refractivity contribution in [3.8, 4) is 0 Å². The molecular formula is C20H21N5OS. The number of benzene rings is 1. The Bertz CT molecular complexity index is 975. The number of pyridine rings is 1. The van der Waals surface area contributed by atoms with Gasteiger partial charge in [0.15, 0.2) is 0 Å². The van der Waals surface area contributed by atoms with Crippen LogP contribution in [-0.4, -0.2) is 20.2 Å². The van der Waals surface area contributed by atoms with Crippen LogP contribution in [0.5, 0.6) is 0 Å². The first-order chi connectivity index (χ1) is 12.9. The third-order valence-corrected chi connectivity index (χ3v) is 4.67. The van der Waals surface area contributed by atoms with Crippen molar-refractivity contribution in [3.63, 3.8) is 0 Å². The Hall–Kier alpha value is -3.06. The number of nitrogens with zero attached hydrogens (tertiary/aromatic N) is 4. The number of carbonyl (C=O) groups is 1. The first-order valence-electron chi connectivity index (χ1n) is 8.46. The monoisotopic (exact) mass is 379 g/mol. The van der Waals surface area contributed by atoms with Gasteiger partial charge in [0.2, 0.25) is 11.0 Å². The van der Waals surface area contributed by atoms with Crippen LogP contribution in [-0.2, 0) is 4.79 Å². The number of hydrogen-bond acceptors (Lipinski definition) is 6. The van der Waals surface area contributed by atoms with Crippen LogP contribution in [0.1, 0.15) is 22.3 Å². The lowest BCUT2D eigenvalue weighted by atomic mass is 10.0. The Kier molecular flexibility index (Phi) is 5.32. The van der Waals surface area contributed by atoms with Crippen LogP contribution in [0.15, 0.2) is 43.2 Å². The molecule has 0 spiro atoms. The van der Waals surface area contributed by atoms with Crippen molar-refractivity contribution in [2.75, 3.05) is 10.2 Å². The van der Waals surface area contributed by atoms with E-state index >= 15 is 0 Å². The summed E-state index contributed by atoms with van der Waals surface area (Å²) in [5, 5.41) is 3.45. The third-order valence-electron chi connectivity index (χ3n) is 4.02. The maximum Gasteiger partial charge on any atom is 0.248 e. The van der Waals surface area contributed by atoms with E-state index in [1.54, 1.807) is 0 Å². The fourth-order valence-electron chi connectivity index (χ4n) is 3.10. The average molecular weight is 379 g/mol. The molecule has 3 rings (SSSR count). The van der Waals surface area contributed by atoms with E-state index in [9.17, 15) is 4.79 Å². The van der Waals surface area contributed by atoms with Crippen LogP contribution < -0.4 is 10.2 Å². The summed E-state index contributed by atoms with van der Waals surface area (Å²) in [6, 6.07) is 8.04. The lowest BCUT2D eigenvalue weighted by Gasteiger charge is -2.25. The molecule has 0 aliphatic heterocycles. The maximum atomic E-state index is 11.7. The number of nitrogens with one attached hydrogen (secondary N) is 1. The molecule has 2 heterocycles. The summed E-state index contributed by atoms with van der Waals surface area (Å²) in [5.41, 5.74) is 5.40. The molecule has 0 bridgehead atoms. The van der Waals surface area contributed by atoms with Crippen molar-refractivity contribution in [1.29, 1.82) is 0 Å². The van der Waals surface area contributed by atoms with E-state index < -0.39 is 0 Å².